The summed E-state index contributed by atoms with van der Waals surface area (Å²) in [5.74, 6) is -1.29. The van der Waals surface area contributed by atoms with Gasteiger partial charge in [-0.15, -0.1) is 0 Å². The van der Waals surface area contributed by atoms with Gasteiger partial charge in [0.1, 0.15) is 6.07 Å². The summed E-state index contributed by atoms with van der Waals surface area (Å²) in [6.07, 6.45) is -8.24. The molecule has 0 saturated carbocycles. The molecule has 1 aromatic carbocycles. The lowest BCUT2D eigenvalue weighted by Gasteiger charge is -2.13. The summed E-state index contributed by atoms with van der Waals surface area (Å²) in [4.78, 5) is 11.3. The van der Waals surface area contributed by atoms with Crippen LogP contribution in [0.15, 0.2) is 12.1 Å². The number of carbonyl (C=O) groups excluding carboxylic acids is 1. The Labute approximate surface area is 104 Å². The second-order valence-electron chi connectivity index (χ2n) is 3.39. The van der Waals surface area contributed by atoms with E-state index in [0.29, 0.717) is 6.07 Å². The Morgan fingerprint density at radius 2 is 1.95 bits per heavy atom. The minimum absolute atomic E-state index is 0.148. The molecule has 0 spiro atoms. The summed E-state index contributed by atoms with van der Waals surface area (Å²) < 4.78 is 67.1. The molecule has 8 heteroatoms. The average molecular weight is 279 g/mol. The highest BCUT2D eigenvalue weighted by Crippen LogP contribution is 2.35. The van der Waals surface area contributed by atoms with Gasteiger partial charge < -0.3 is 4.74 Å². The number of methoxy groups -OCH3 is 1. The van der Waals surface area contributed by atoms with E-state index >= 15 is 0 Å². The maximum absolute atomic E-state index is 12.7. The van der Waals surface area contributed by atoms with Crippen LogP contribution in [0.4, 0.5) is 22.0 Å². The van der Waals surface area contributed by atoms with Crippen LogP contribution in [0.3, 0.4) is 0 Å². The van der Waals surface area contributed by atoms with E-state index in [-0.39, 0.29) is 6.07 Å². The van der Waals surface area contributed by atoms with Crippen molar-refractivity contribution in [2.24, 2.45) is 0 Å². The Kier molecular flexibility index (Phi) is 4.09. The van der Waals surface area contributed by atoms with Gasteiger partial charge in [0.15, 0.2) is 0 Å². The Balaban J connectivity index is 3.65. The fraction of sp³-hybridized carbons (Fsp3) is 0.273. The van der Waals surface area contributed by atoms with Crippen LogP contribution in [0.25, 0.3) is 0 Å². The van der Waals surface area contributed by atoms with Gasteiger partial charge in [0.2, 0.25) is 0 Å². The van der Waals surface area contributed by atoms with E-state index in [0.717, 1.165) is 7.11 Å². The minimum atomic E-state index is -4.92. The molecule has 0 amide bonds. The first-order valence-electron chi connectivity index (χ1n) is 4.74. The van der Waals surface area contributed by atoms with Gasteiger partial charge in [-0.25, -0.2) is 13.6 Å². The van der Waals surface area contributed by atoms with E-state index in [1.807, 2.05) is 0 Å². The normalized spacial score (nSPS) is 11.3. The van der Waals surface area contributed by atoms with Gasteiger partial charge in [-0.3, -0.25) is 0 Å². The van der Waals surface area contributed by atoms with Crippen molar-refractivity contribution in [2.45, 2.75) is 12.6 Å². The lowest BCUT2D eigenvalue weighted by Crippen LogP contribution is -2.13. The fourth-order valence-electron chi connectivity index (χ4n) is 1.40. The number of nitriles is 1. The van der Waals surface area contributed by atoms with Gasteiger partial charge in [-0.1, -0.05) is 0 Å². The smallest absolute Gasteiger partial charge is 0.416 e. The van der Waals surface area contributed by atoms with Crippen molar-refractivity contribution < 1.29 is 31.5 Å². The Morgan fingerprint density at radius 1 is 1.37 bits per heavy atom. The first kappa shape index (κ1) is 14.9. The second-order valence-corrected chi connectivity index (χ2v) is 3.39. The zero-order chi connectivity index (χ0) is 14.8. The highest BCUT2D eigenvalue weighted by molar-refractivity contribution is 5.93. The van der Waals surface area contributed by atoms with Crippen molar-refractivity contribution in [1.29, 1.82) is 5.26 Å². The number of benzene rings is 1. The van der Waals surface area contributed by atoms with Crippen molar-refractivity contribution in [3.8, 4) is 6.07 Å². The third-order valence-corrected chi connectivity index (χ3v) is 2.25. The fourth-order valence-corrected chi connectivity index (χ4v) is 1.40. The van der Waals surface area contributed by atoms with Gasteiger partial charge in [-0.2, -0.15) is 18.4 Å². The first-order valence-corrected chi connectivity index (χ1v) is 4.74. The number of nitrogens with zero attached hydrogens (tertiary/aromatic N) is 1. The van der Waals surface area contributed by atoms with Crippen LogP contribution in [0.2, 0.25) is 0 Å². The maximum atomic E-state index is 12.7. The van der Waals surface area contributed by atoms with E-state index in [1.54, 1.807) is 0 Å². The van der Waals surface area contributed by atoms with Crippen LogP contribution < -0.4 is 0 Å². The zero-order valence-electron chi connectivity index (χ0n) is 9.39. The van der Waals surface area contributed by atoms with Gasteiger partial charge in [0.05, 0.1) is 23.8 Å². The molecule has 0 saturated heterocycles. The number of hydrogen-bond acceptors (Lipinski definition) is 3. The molecule has 0 aliphatic rings. The van der Waals surface area contributed by atoms with Crippen molar-refractivity contribution in [3.63, 3.8) is 0 Å². The molecule has 0 aliphatic heterocycles. The van der Waals surface area contributed by atoms with Crippen molar-refractivity contribution in [1.82, 2.24) is 0 Å². The summed E-state index contributed by atoms with van der Waals surface area (Å²) in [6, 6.07) is 1.76. The van der Waals surface area contributed by atoms with Gasteiger partial charge in [-0.05, 0) is 12.1 Å². The average Bonchev–Trinajstić information content (AvgIpc) is 2.34. The van der Waals surface area contributed by atoms with Crippen LogP contribution >= 0.6 is 0 Å². The maximum Gasteiger partial charge on any atom is 0.416 e. The number of ether oxygens (including phenoxy) is 1. The molecule has 3 nitrogen and oxygen atoms in total. The van der Waals surface area contributed by atoms with E-state index < -0.39 is 40.8 Å². The molecular formula is C11H6F5NO2. The second kappa shape index (κ2) is 5.22. The molecule has 102 valence electrons. The molecule has 0 unspecified atom stereocenters. The van der Waals surface area contributed by atoms with Gasteiger partial charge in [0.25, 0.3) is 6.43 Å². The molecule has 19 heavy (non-hydrogen) atoms. The SMILES string of the molecule is COC(=O)c1cc(C(F)(F)F)cc(C(F)F)c1C#N. The number of esters is 1. The van der Waals surface area contributed by atoms with Crippen LogP contribution in [0, 0.1) is 11.3 Å². The minimum Gasteiger partial charge on any atom is -0.465 e. The quantitative estimate of drug-likeness (QED) is 0.616. The first-order chi connectivity index (χ1) is 8.72. The summed E-state index contributed by atoms with van der Waals surface area (Å²) >= 11 is 0. The van der Waals surface area contributed by atoms with Gasteiger partial charge >= 0.3 is 12.1 Å². The summed E-state index contributed by atoms with van der Waals surface area (Å²) in [5.41, 5.74) is -4.26. The molecule has 0 bridgehead atoms. The molecule has 0 fully saturated rings. The number of carbonyl (C=O) groups is 1. The predicted molar refractivity (Wildman–Crippen MR) is 52.5 cm³/mol. The molecule has 0 atom stereocenters. The summed E-state index contributed by atoms with van der Waals surface area (Å²) in [7, 11) is 0.867. The van der Waals surface area contributed by atoms with Gasteiger partial charge in [0, 0.05) is 5.56 Å². The highest BCUT2D eigenvalue weighted by atomic mass is 19.4. The monoisotopic (exact) mass is 279 g/mol. The summed E-state index contributed by atoms with van der Waals surface area (Å²) in [6.45, 7) is 0. The number of halogens is 5. The Bertz CT molecular complexity index is 545. The molecule has 0 heterocycles. The van der Waals surface area contributed by atoms with Crippen LogP contribution in [0.5, 0.6) is 0 Å². The topological polar surface area (TPSA) is 50.1 Å². The standard InChI is InChI=1S/C11H6F5NO2/c1-19-10(18)7-3-5(11(14,15)16)2-6(9(12)13)8(7)4-17/h2-3,9H,1H3. The molecule has 0 aromatic heterocycles. The number of rotatable bonds is 2. The van der Waals surface area contributed by atoms with Crippen molar-refractivity contribution >= 4 is 5.97 Å². The lowest BCUT2D eigenvalue weighted by molar-refractivity contribution is -0.137. The molecular weight excluding hydrogens is 273 g/mol. The largest absolute Gasteiger partial charge is 0.465 e. The molecule has 0 aliphatic carbocycles. The number of alkyl halides is 5. The van der Waals surface area contributed by atoms with Crippen LogP contribution in [-0.2, 0) is 10.9 Å². The Hall–Kier alpha value is -2.17. The number of hydrogen-bond donors (Lipinski definition) is 0. The third-order valence-electron chi connectivity index (χ3n) is 2.25. The van der Waals surface area contributed by atoms with Crippen LogP contribution in [0.1, 0.15) is 33.5 Å². The van der Waals surface area contributed by atoms with Crippen molar-refractivity contribution in [3.05, 3.63) is 34.4 Å². The van der Waals surface area contributed by atoms with E-state index in [2.05, 4.69) is 4.74 Å². The lowest BCUT2D eigenvalue weighted by atomic mass is 9.98. The van der Waals surface area contributed by atoms with Crippen molar-refractivity contribution in [2.75, 3.05) is 7.11 Å². The molecule has 1 aromatic rings. The predicted octanol–water partition coefficient (Wildman–Crippen LogP) is 3.30. The summed E-state index contributed by atoms with van der Waals surface area (Å²) in [5, 5.41) is 8.71. The van der Waals surface area contributed by atoms with E-state index in [1.165, 1.54) is 6.07 Å². The van der Waals surface area contributed by atoms with E-state index in [9.17, 15) is 26.7 Å². The zero-order valence-corrected chi connectivity index (χ0v) is 9.39. The van der Waals surface area contributed by atoms with Crippen LogP contribution in [-0.4, -0.2) is 13.1 Å². The van der Waals surface area contributed by atoms with E-state index in [4.69, 9.17) is 5.26 Å². The third kappa shape index (κ3) is 2.99. The molecule has 1 rings (SSSR count). The molecule has 0 N–H and O–H groups in total. The highest BCUT2D eigenvalue weighted by Gasteiger charge is 2.34. The molecule has 0 radical (unpaired) electrons. The Morgan fingerprint density at radius 3 is 2.32 bits per heavy atom.